The molecular weight excluding hydrogens is 217 g/mol. The molecule has 5 heteroatoms. The van der Waals surface area contributed by atoms with Crippen molar-refractivity contribution in [1.82, 2.24) is 10.3 Å². The Morgan fingerprint density at radius 1 is 1.31 bits per heavy atom. The Morgan fingerprint density at radius 3 is 2.56 bits per heavy atom. The molecule has 1 aliphatic carbocycles. The highest BCUT2D eigenvalue weighted by atomic mass is 19.4. The molecule has 0 saturated heterocycles. The summed E-state index contributed by atoms with van der Waals surface area (Å²) >= 11 is 0. The fraction of sp³-hybridized carbons (Fsp3) is 0.545. The zero-order chi connectivity index (χ0) is 11.6. The molecule has 0 unspecified atom stereocenters. The van der Waals surface area contributed by atoms with Crippen molar-refractivity contribution in [3.8, 4) is 0 Å². The second kappa shape index (κ2) is 4.41. The lowest BCUT2D eigenvalue weighted by molar-refractivity contribution is -0.137. The van der Waals surface area contributed by atoms with Gasteiger partial charge in [-0.1, -0.05) is 0 Å². The van der Waals surface area contributed by atoms with Crippen LogP contribution in [0.3, 0.4) is 0 Å². The van der Waals surface area contributed by atoms with Gasteiger partial charge in [0.05, 0.1) is 5.56 Å². The highest BCUT2D eigenvalue weighted by molar-refractivity contribution is 5.17. The summed E-state index contributed by atoms with van der Waals surface area (Å²) in [6, 6.07) is 3.14. The van der Waals surface area contributed by atoms with E-state index in [0.29, 0.717) is 18.2 Å². The van der Waals surface area contributed by atoms with Gasteiger partial charge in [0.1, 0.15) is 0 Å². The van der Waals surface area contributed by atoms with Gasteiger partial charge in [0.15, 0.2) is 0 Å². The van der Waals surface area contributed by atoms with Crippen LogP contribution in [0.4, 0.5) is 13.2 Å². The number of alkyl halides is 3. The molecule has 0 aliphatic heterocycles. The molecule has 16 heavy (non-hydrogen) atoms. The molecule has 0 spiro atoms. The van der Waals surface area contributed by atoms with E-state index in [1.807, 2.05) is 0 Å². The Balaban J connectivity index is 1.85. The first kappa shape index (κ1) is 11.4. The predicted molar refractivity (Wildman–Crippen MR) is 54.0 cm³/mol. The van der Waals surface area contributed by atoms with Gasteiger partial charge in [-0.15, -0.1) is 0 Å². The first-order valence-electron chi connectivity index (χ1n) is 5.31. The second-order valence-corrected chi connectivity index (χ2v) is 4.01. The number of aromatic nitrogens is 1. The monoisotopic (exact) mass is 230 g/mol. The lowest BCUT2D eigenvalue weighted by Crippen LogP contribution is -2.19. The van der Waals surface area contributed by atoms with Gasteiger partial charge < -0.3 is 5.32 Å². The van der Waals surface area contributed by atoms with E-state index in [1.165, 1.54) is 18.9 Å². The second-order valence-electron chi connectivity index (χ2n) is 4.01. The first-order valence-corrected chi connectivity index (χ1v) is 5.31. The third-order valence-corrected chi connectivity index (χ3v) is 2.54. The molecular formula is C11H13F3N2. The number of rotatable bonds is 4. The van der Waals surface area contributed by atoms with Crippen molar-refractivity contribution < 1.29 is 13.2 Å². The van der Waals surface area contributed by atoms with Crippen LogP contribution in [0.2, 0.25) is 0 Å². The van der Waals surface area contributed by atoms with E-state index in [1.54, 1.807) is 0 Å². The highest BCUT2D eigenvalue weighted by Gasteiger charge is 2.30. The summed E-state index contributed by atoms with van der Waals surface area (Å²) in [4.78, 5) is 3.80. The van der Waals surface area contributed by atoms with Crippen molar-refractivity contribution in [1.29, 1.82) is 0 Å². The molecule has 0 amide bonds. The zero-order valence-corrected chi connectivity index (χ0v) is 8.72. The Kier molecular flexibility index (Phi) is 3.14. The standard InChI is InChI=1S/C11H13F3N2/c12-11(13,14)8-1-2-10(16-7-8)5-6-15-9-3-4-9/h1-2,7,9,15H,3-6H2. The molecule has 1 heterocycles. The van der Waals surface area contributed by atoms with Crippen LogP contribution in [0, 0.1) is 0 Å². The third-order valence-electron chi connectivity index (χ3n) is 2.54. The third kappa shape index (κ3) is 3.20. The average molecular weight is 230 g/mol. The van der Waals surface area contributed by atoms with Crippen molar-refractivity contribution >= 4 is 0 Å². The highest BCUT2D eigenvalue weighted by Crippen LogP contribution is 2.28. The van der Waals surface area contributed by atoms with E-state index < -0.39 is 11.7 Å². The molecule has 0 atom stereocenters. The maximum absolute atomic E-state index is 12.2. The van der Waals surface area contributed by atoms with Crippen molar-refractivity contribution in [3.05, 3.63) is 29.6 Å². The Labute approximate surface area is 91.9 Å². The van der Waals surface area contributed by atoms with Gasteiger partial charge in [-0.25, -0.2) is 0 Å². The van der Waals surface area contributed by atoms with E-state index in [0.717, 1.165) is 18.8 Å². The molecule has 2 rings (SSSR count). The van der Waals surface area contributed by atoms with Gasteiger partial charge in [-0.2, -0.15) is 13.2 Å². The summed E-state index contributed by atoms with van der Waals surface area (Å²) in [5, 5.41) is 3.29. The molecule has 88 valence electrons. The van der Waals surface area contributed by atoms with Gasteiger partial charge in [0.2, 0.25) is 0 Å². The van der Waals surface area contributed by atoms with E-state index in [9.17, 15) is 13.2 Å². The molecule has 0 radical (unpaired) electrons. The van der Waals surface area contributed by atoms with Crippen molar-refractivity contribution in [3.63, 3.8) is 0 Å². The SMILES string of the molecule is FC(F)(F)c1ccc(CCNC2CC2)nc1. The van der Waals surface area contributed by atoms with Crippen LogP contribution in [0.15, 0.2) is 18.3 Å². The average Bonchev–Trinajstić information content (AvgIpc) is 3.01. The summed E-state index contributed by atoms with van der Waals surface area (Å²) < 4.78 is 36.7. The lowest BCUT2D eigenvalue weighted by Gasteiger charge is -2.07. The van der Waals surface area contributed by atoms with Gasteiger partial charge >= 0.3 is 6.18 Å². The molecule has 0 aromatic carbocycles. The van der Waals surface area contributed by atoms with Gasteiger partial charge in [0, 0.05) is 30.9 Å². The van der Waals surface area contributed by atoms with E-state index in [4.69, 9.17) is 0 Å². The van der Waals surface area contributed by atoms with Gasteiger partial charge in [-0.3, -0.25) is 4.98 Å². The topological polar surface area (TPSA) is 24.9 Å². The molecule has 2 nitrogen and oxygen atoms in total. The van der Waals surface area contributed by atoms with Crippen LogP contribution < -0.4 is 5.32 Å². The predicted octanol–water partition coefficient (Wildman–Crippen LogP) is 2.39. The number of nitrogens with zero attached hydrogens (tertiary/aromatic N) is 1. The number of hydrogen-bond acceptors (Lipinski definition) is 2. The summed E-state index contributed by atoms with van der Waals surface area (Å²) in [6.07, 6.45) is -0.306. The molecule has 1 aromatic heterocycles. The van der Waals surface area contributed by atoms with Crippen molar-refractivity contribution in [2.24, 2.45) is 0 Å². The maximum Gasteiger partial charge on any atom is 0.417 e. The summed E-state index contributed by atoms with van der Waals surface area (Å²) in [7, 11) is 0. The number of pyridine rings is 1. The summed E-state index contributed by atoms with van der Waals surface area (Å²) in [5.41, 5.74) is 0.00699. The van der Waals surface area contributed by atoms with Crippen molar-refractivity contribution in [2.75, 3.05) is 6.54 Å². The Hall–Kier alpha value is -1.10. The fourth-order valence-electron chi connectivity index (χ4n) is 1.43. The van der Waals surface area contributed by atoms with Gasteiger partial charge in [-0.05, 0) is 25.0 Å². The maximum atomic E-state index is 12.2. The van der Waals surface area contributed by atoms with Gasteiger partial charge in [0.25, 0.3) is 0 Å². The fourth-order valence-corrected chi connectivity index (χ4v) is 1.43. The molecule has 1 fully saturated rings. The minimum Gasteiger partial charge on any atom is -0.314 e. The minimum atomic E-state index is -4.29. The molecule has 1 aromatic rings. The molecule has 1 saturated carbocycles. The molecule has 1 aliphatic rings. The van der Waals surface area contributed by atoms with E-state index >= 15 is 0 Å². The van der Waals surface area contributed by atoms with Crippen LogP contribution >= 0.6 is 0 Å². The first-order chi connectivity index (χ1) is 7.55. The van der Waals surface area contributed by atoms with Crippen LogP contribution in [0.1, 0.15) is 24.1 Å². The summed E-state index contributed by atoms with van der Waals surface area (Å²) in [6.45, 7) is 0.781. The quantitative estimate of drug-likeness (QED) is 0.859. The van der Waals surface area contributed by atoms with Crippen LogP contribution in [-0.4, -0.2) is 17.6 Å². The summed E-state index contributed by atoms with van der Waals surface area (Å²) in [5.74, 6) is 0. The normalized spacial score (nSPS) is 16.4. The largest absolute Gasteiger partial charge is 0.417 e. The Bertz CT molecular complexity index is 341. The minimum absolute atomic E-state index is 0.620. The van der Waals surface area contributed by atoms with Crippen LogP contribution in [0.25, 0.3) is 0 Å². The van der Waals surface area contributed by atoms with Crippen LogP contribution in [0.5, 0.6) is 0 Å². The van der Waals surface area contributed by atoms with Crippen molar-refractivity contribution in [2.45, 2.75) is 31.5 Å². The van der Waals surface area contributed by atoms with E-state index in [2.05, 4.69) is 10.3 Å². The lowest BCUT2D eigenvalue weighted by atomic mass is 10.2. The molecule has 0 bridgehead atoms. The number of hydrogen-bond donors (Lipinski definition) is 1. The van der Waals surface area contributed by atoms with Crippen LogP contribution in [-0.2, 0) is 12.6 Å². The van der Waals surface area contributed by atoms with E-state index in [-0.39, 0.29) is 0 Å². The zero-order valence-electron chi connectivity index (χ0n) is 8.72. The molecule has 1 N–H and O–H groups in total. The Morgan fingerprint density at radius 2 is 2.06 bits per heavy atom. The number of halogens is 3. The number of nitrogens with one attached hydrogen (secondary N) is 1. The smallest absolute Gasteiger partial charge is 0.314 e.